The van der Waals surface area contributed by atoms with E-state index in [0.717, 1.165) is 99.9 Å². The molecule has 0 saturated carbocycles. The van der Waals surface area contributed by atoms with Crippen LogP contribution in [0.5, 0.6) is 0 Å². The fraction of sp³-hybridized carbons (Fsp3) is 0. The van der Waals surface area contributed by atoms with E-state index in [1.807, 2.05) is 48.5 Å². The van der Waals surface area contributed by atoms with Gasteiger partial charge in [0.2, 0.25) is 0 Å². The topological polar surface area (TPSA) is 56.2 Å². The lowest BCUT2D eigenvalue weighted by atomic mass is 9.97. The lowest BCUT2D eigenvalue weighted by molar-refractivity contribution is 0.669. The fourth-order valence-corrected chi connectivity index (χ4v) is 7.98. The smallest absolute Gasteiger partial charge is 0.164 e. The molecule has 0 aliphatic rings. The van der Waals surface area contributed by atoms with E-state index in [-0.39, 0.29) is 0 Å². The molecule has 11 aromatic rings. The lowest BCUT2D eigenvalue weighted by Crippen LogP contribution is -1.97. The van der Waals surface area contributed by atoms with E-state index in [4.69, 9.17) is 19.5 Å². The zero-order chi connectivity index (χ0) is 37.0. The van der Waals surface area contributed by atoms with Crippen molar-refractivity contribution in [3.05, 3.63) is 194 Å². The van der Waals surface area contributed by atoms with Crippen molar-refractivity contribution in [2.75, 3.05) is 0 Å². The van der Waals surface area contributed by atoms with Crippen LogP contribution < -0.4 is 0 Å². The van der Waals surface area contributed by atoms with E-state index in [2.05, 4.69) is 150 Å². The number of benzene rings is 7. The maximum atomic E-state index is 6.44. The normalized spacial score (nSPS) is 11.6. The molecule has 0 saturated heterocycles. The maximum absolute atomic E-state index is 6.44. The third-order valence-corrected chi connectivity index (χ3v) is 10.6. The van der Waals surface area contributed by atoms with Gasteiger partial charge < -0.3 is 4.42 Å². The predicted octanol–water partition coefficient (Wildman–Crippen LogP) is 13.2. The van der Waals surface area contributed by atoms with E-state index < -0.39 is 0 Å². The van der Waals surface area contributed by atoms with Gasteiger partial charge in [-0.1, -0.05) is 170 Å². The summed E-state index contributed by atoms with van der Waals surface area (Å²) < 4.78 is 8.57. The summed E-state index contributed by atoms with van der Waals surface area (Å²) in [5.74, 6) is 0.616. The molecule has 0 radical (unpaired) electrons. The monoisotopic (exact) mass is 716 g/mol. The summed E-state index contributed by atoms with van der Waals surface area (Å²) >= 11 is 0. The summed E-state index contributed by atoms with van der Waals surface area (Å²) in [6.07, 6.45) is 0. The van der Waals surface area contributed by atoms with Crippen LogP contribution in [0.25, 0.3) is 106 Å². The average molecular weight is 717 g/mol. The first-order valence-electron chi connectivity index (χ1n) is 18.8. The number of hydrogen-bond donors (Lipinski definition) is 0. The zero-order valence-electron chi connectivity index (χ0n) is 30.2. The summed E-state index contributed by atoms with van der Waals surface area (Å²) in [7, 11) is 0. The van der Waals surface area contributed by atoms with E-state index in [9.17, 15) is 0 Å². The minimum atomic E-state index is 0.616. The van der Waals surface area contributed by atoms with E-state index in [1.165, 1.54) is 0 Å². The van der Waals surface area contributed by atoms with Gasteiger partial charge in [-0.05, 0) is 35.2 Å². The van der Waals surface area contributed by atoms with Crippen LogP contribution in [0.1, 0.15) is 0 Å². The Morgan fingerprint density at radius 2 is 1.00 bits per heavy atom. The molecule has 0 aliphatic heterocycles. The largest absolute Gasteiger partial charge is 0.455 e. The fourth-order valence-electron chi connectivity index (χ4n) is 7.98. The number of aromatic nitrogens is 4. The highest BCUT2D eigenvalue weighted by Gasteiger charge is 2.22. The average Bonchev–Trinajstić information content (AvgIpc) is 3.87. The molecular weight excluding hydrogens is 685 g/mol. The van der Waals surface area contributed by atoms with Crippen molar-refractivity contribution in [3.63, 3.8) is 0 Å². The summed E-state index contributed by atoms with van der Waals surface area (Å²) in [6.45, 7) is 0. The van der Waals surface area contributed by atoms with Gasteiger partial charge in [0.05, 0.1) is 28.2 Å². The van der Waals surface area contributed by atoms with Gasteiger partial charge in [-0.3, -0.25) is 0 Å². The number of nitrogens with zero attached hydrogens (tertiary/aromatic N) is 4. The molecule has 0 unspecified atom stereocenters. The van der Waals surface area contributed by atoms with Crippen LogP contribution in [0, 0.1) is 0 Å². The second kappa shape index (κ2) is 13.0. The summed E-state index contributed by atoms with van der Waals surface area (Å²) in [5.41, 5.74) is 13.6. The number of hydrogen-bond acceptors (Lipinski definition) is 4. The highest BCUT2D eigenvalue weighted by Crippen LogP contribution is 2.41. The number of para-hydroxylation sites is 2. The molecule has 0 amide bonds. The maximum Gasteiger partial charge on any atom is 0.164 e. The summed E-state index contributed by atoms with van der Waals surface area (Å²) in [4.78, 5) is 10.3. The minimum absolute atomic E-state index is 0.616. The van der Waals surface area contributed by atoms with Crippen LogP contribution in [0.15, 0.2) is 199 Å². The summed E-state index contributed by atoms with van der Waals surface area (Å²) in [6, 6.07) is 67.3. The molecule has 4 aromatic heterocycles. The van der Waals surface area contributed by atoms with Crippen molar-refractivity contribution in [1.29, 1.82) is 0 Å². The Hall–Kier alpha value is -7.63. The molecule has 0 aliphatic carbocycles. The molecule has 4 heterocycles. The van der Waals surface area contributed by atoms with Crippen molar-refractivity contribution in [3.8, 4) is 67.5 Å². The van der Waals surface area contributed by atoms with Crippen LogP contribution in [-0.2, 0) is 0 Å². The van der Waals surface area contributed by atoms with Crippen LogP contribution in [0.3, 0.4) is 0 Å². The Bertz CT molecular complexity index is 3220. The van der Waals surface area contributed by atoms with Crippen LogP contribution in [-0.4, -0.2) is 19.6 Å². The highest BCUT2D eigenvalue weighted by atomic mass is 16.3. The predicted molar refractivity (Wildman–Crippen MR) is 228 cm³/mol. The molecular formula is C51H32N4O. The number of fused-ring (bicyclic) bond motifs is 6. The molecule has 56 heavy (non-hydrogen) atoms. The van der Waals surface area contributed by atoms with Gasteiger partial charge in [0, 0.05) is 44.0 Å². The quantitative estimate of drug-likeness (QED) is 0.172. The Morgan fingerprint density at radius 1 is 0.429 bits per heavy atom. The molecule has 262 valence electrons. The first kappa shape index (κ1) is 31.9. The van der Waals surface area contributed by atoms with Gasteiger partial charge in [-0.2, -0.15) is 5.10 Å². The minimum Gasteiger partial charge on any atom is -0.455 e. The van der Waals surface area contributed by atoms with Crippen molar-refractivity contribution >= 4 is 38.2 Å². The second-order valence-corrected chi connectivity index (χ2v) is 14.0. The zero-order valence-corrected chi connectivity index (χ0v) is 30.2. The first-order valence-corrected chi connectivity index (χ1v) is 18.8. The van der Waals surface area contributed by atoms with Gasteiger partial charge >= 0.3 is 0 Å². The lowest BCUT2D eigenvalue weighted by Gasteiger charge is -2.12. The molecule has 0 spiro atoms. The Morgan fingerprint density at radius 3 is 1.73 bits per heavy atom. The molecule has 7 aromatic carbocycles. The molecule has 11 rings (SSSR count). The molecule has 0 N–H and O–H groups in total. The van der Waals surface area contributed by atoms with Gasteiger partial charge in [-0.25, -0.2) is 14.5 Å². The SMILES string of the molecule is c1ccc(-c2cc(-c3ccc(-c4cc5ccccc5c5c(-c6ccccc6)c(-c6ccccc6)nn45)cc3)nc(-c3cccc4c3oc3ccccc34)n2)cc1. The van der Waals surface area contributed by atoms with Crippen molar-refractivity contribution in [2.24, 2.45) is 0 Å². The highest BCUT2D eigenvalue weighted by molar-refractivity contribution is 6.10. The third-order valence-electron chi connectivity index (χ3n) is 10.6. The van der Waals surface area contributed by atoms with E-state index in [0.29, 0.717) is 5.82 Å². The number of pyridine rings is 1. The molecule has 0 fully saturated rings. The Kier molecular flexibility index (Phi) is 7.42. The third kappa shape index (κ3) is 5.29. The standard InChI is InChI=1S/C51H32N4O/c1-4-15-33(16-5-1)43-32-44(53-51(52-43)42-25-14-24-41-40-23-12-13-26-46(40)56-50(41)42)34-27-29-35(30-28-34)45-31-38-21-10-11-22-39(38)49-47(36-17-6-2-7-18-36)48(54-55(45)49)37-19-8-3-9-20-37/h1-32H. The van der Waals surface area contributed by atoms with E-state index >= 15 is 0 Å². The van der Waals surface area contributed by atoms with E-state index in [1.54, 1.807) is 0 Å². The molecule has 0 atom stereocenters. The van der Waals surface area contributed by atoms with Crippen molar-refractivity contribution in [1.82, 2.24) is 19.6 Å². The van der Waals surface area contributed by atoms with Gasteiger partial charge in [-0.15, -0.1) is 0 Å². The Labute approximate surface area is 322 Å². The first-order chi connectivity index (χ1) is 27.8. The second-order valence-electron chi connectivity index (χ2n) is 14.0. The molecule has 0 bridgehead atoms. The van der Waals surface area contributed by atoms with Crippen LogP contribution in [0.4, 0.5) is 0 Å². The molecule has 5 heteroatoms. The van der Waals surface area contributed by atoms with Gasteiger partial charge in [0.15, 0.2) is 5.82 Å². The van der Waals surface area contributed by atoms with Gasteiger partial charge in [0.1, 0.15) is 16.9 Å². The Balaban J connectivity index is 1.09. The molecule has 5 nitrogen and oxygen atoms in total. The van der Waals surface area contributed by atoms with Crippen molar-refractivity contribution in [2.45, 2.75) is 0 Å². The van der Waals surface area contributed by atoms with Gasteiger partial charge in [0.25, 0.3) is 0 Å². The van der Waals surface area contributed by atoms with Crippen molar-refractivity contribution < 1.29 is 4.42 Å². The number of furan rings is 1. The number of rotatable bonds is 6. The van der Waals surface area contributed by atoms with Crippen LogP contribution >= 0.6 is 0 Å². The van der Waals surface area contributed by atoms with Crippen LogP contribution in [0.2, 0.25) is 0 Å². The summed E-state index contributed by atoms with van der Waals surface area (Å²) in [5, 5.41) is 9.82.